The molecule has 0 atom stereocenters. The Kier molecular flexibility index (Phi) is 2.78. The predicted molar refractivity (Wildman–Crippen MR) is 96.0 cm³/mol. The maximum Gasteiger partial charge on any atom is 0.267 e. The van der Waals surface area contributed by atoms with E-state index in [2.05, 4.69) is 15.3 Å². The first-order chi connectivity index (χ1) is 11.3. The molecule has 5 aromatic rings. The zero-order valence-electron chi connectivity index (χ0n) is 11.5. The van der Waals surface area contributed by atoms with E-state index in [1.165, 1.54) is 22.7 Å². The number of anilines is 1. The molecule has 0 radical (unpaired) electrons. The van der Waals surface area contributed by atoms with Gasteiger partial charge in [-0.25, -0.2) is 9.97 Å². The van der Waals surface area contributed by atoms with Gasteiger partial charge in [0.1, 0.15) is 4.83 Å². The van der Waals surface area contributed by atoms with Gasteiger partial charge in [0.05, 0.1) is 20.6 Å². The van der Waals surface area contributed by atoms with Gasteiger partial charge in [0.2, 0.25) is 0 Å². The van der Waals surface area contributed by atoms with E-state index >= 15 is 0 Å². The quantitative estimate of drug-likeness (QED) is 0.507. The van der Waals surface area contributed by atoms with Crippen LogP contribution in [0, 0.1) is 0 Å². The van der Waals surface area contributed by atoms with E-state index in [0.717, 1.165) is 25.5 Å². The average molecular weight is 356 g/mol. The minimum Gasteiger partial charge on any atom is -0.297 e. The van der Waals surface area contributed by atoms with Crippen LogP contribution in [-0.4, -0.2) is 20.3 Å². The standard InChI is InChI=1S/C15H8N4OS3/c20-12(17-14-16-8-3-1-2-4-10(8)23-14)11-7-9-13(22-11)18-15-19(9)5-6-21-15/h1-7H,(H,16,17,20). The highest BCUT2D eigenvalue weighted by atomic mass is 32.1. The fourth-order valence-electron chi connectivity index (χ4n) is 2.44. The van der Waals surface area contributed by atoms with E-state index in [1.807, 2.05) is 46.3 Å². The van der Waals surface area contributed by atoms with Crippen molar-refractivity contribution in [2.24, 2.45) is 0 Å². The molecule has 112 valence electrons. The van der Waals surface area contributed by atoms with Crippen molar-refractivity contribution in [3.63, 3.8) is 0 Å². The normalized spacial score (nSPS) is 11.7. The molecule has 0 spiro atoms. The summed E-state index contributed by atoms with van der Waals surface area (Å²) in [5, 5.41) is 5.49. The maximum atomic E-state index is 12.5. The van der Waals surface area contributed by atoms with Gasteiger partial charge in [-0.2, -0.15) is 0 Å². The second kappa shape index (κ2) is 4.85. The van der Waals surface area contributed by atoms with Gasteiger partial charge in [-0.15, -0.1) is 22.7 Å². The van der Waals surface area contributed by atoms with Gasteiger partial charge >= 0.3 is 0 Å². The second-order valence-corrected chi connectivity index (χ2v) is 7.84. The summed E-state index contributed by atoms with van der Waals surface area (Å²) in [5.41, 5.74) is 1.87. The molecule has 1 aromatic carbocycles. The third kappa shape index (κ3) is 2.07. The number of fused-ring (bicyclic) bond motifs is 4. The number of imidazole rings is 1. The van der Waals surface area contributed by atoms with Gasteiger partial charge < -0.3 is 0 Å². The number of benzene rings is 1. The van der Waals surface area contributed by atoms with Crippen molar-refractivity contribution in [2.75, 3.05) is 5.32 Å². The highest BCUT2D eigenvalue weighted by Crippen LogP contribution is 2.30. The molecular weight excluding hydrogens is 348 g/mol. The highest BCUT2D eigenvalue weighted by Gasteiger charge is 2.16. The zero-order valence-corrected chi connectivity index (χ0v) is 14.0. The summed E-state index contributed by atoms with van der Waals surface area (Å²) in [7, 11) is 0. The minimum atomic E-state index is -0.143. The molecule has 4 heterocycles. The van der Waals surface area contributed by atoms with E-state index in [0.29, 0.717) is 10.0 Å². The van der Waals surface area contributed by atoms with Crippen molar-refractivity contribution in [3.05, 3.63) is 46.8 Å². The van der Waals surface area contributed by atoms with Crippen molar-refractivity contribution >= 4 is 70.6 Å². The van der Waals surface area contributed by atoms with Crippen LogP contribution in [0.15, 0.2) is 41.9 Å². The summed E-state index contributed by atoms with van der Waals surface area (Å²) < 4.78 is 3.07. The Hall–Kier alpha value is -2.29. The Labute approximate surface area is 141 Å². The molecule has 8 heteroatoms. The number of thiazole rings is 2. The zero-order chi connectivity index (χ0) is 15.4. The summed E-state index contributed by atoms with van der Waals surface area (Å²) in [6.45, 7) is 0. The second-order valence-electron chi connectivity index (χ2n) is 4.91. The first-order valence-electron chi connectivity index (χ1n) is 6.80. The topological polar surface area (TPSA) is 59.3 Å². The maximum absolute atomic E-state index is 12.5. The first-order valence-corrected chi connectivity index (χ1v) is 9.31. The molecule has 0 unspecified atom stereocenters. The number of amides is 1. The van der Waals surface area contributed by atoms with E-state index in [9.17, 15) is 4.79 Å². The molecule has 4 aromatic heterocycles. The lowest BCUT2D eigenvalue weighted by molar-refractivity contribution is 0.103. The Morgan fingerprint density at radius 1 is 1.17 bits per heavy atom. The lowest BCUT2D eigenvalue weighted by atomic mass is 10.3. The predicted octanol–water partition coefficient (Wildman–Crippen LogP) is 4.47. The molecule has 0 aliphatic carbocycles. The smallest absolute Gasteiger partial charge is 0.267 e. The molecule has 0 fully saturated rings. The van der Waals surface area contributed by atoms with Crippen LogP contribution in [0.4, 0.5) is 5.13 Å². The molecule has 0 bridgehead atoms. The lowest BCUT2D eigenvalue weighted by Gasteiger charge is -1.97. The van der Waals surface area contributed by atoms with Gasteiger partial charge in [0.25, 0.3) is 5.91 Å². The third-order valence-electron chi connectivity index (χ3n) is 3.48. The number of nitrogens with zero attached hydrogens (tertiary/aromatic N) is 3. The number of nitrogens with one attached hydrogen (secondary N) is 1. The number of carbonyl (C=O) groups is 1. The van der Waals surface area contributed by atoms with E-state index < -0.39 is 0 Å². The molecule has 5 rings (SSSR count). The number of hydrogen-bond donors (Lipinski definition) is 1. The first kappa shape index (κ1) is 13.2. The van der Waals surface area contributed by atoms with Crippen molar-refractivity contribution in [1.82, 2.24) is 14.4 Å². The Morgan fingerprint density at radius 2 is 2.09 bits per heavy atom. The summed E-state index contributed by atoms with van der Waals surface area (Å²) in [5.74, 6) is -0.143. The van der Waals surface area contributed by atoms with E-state index in [1.54, 1.807) is 11.3 Å². The van der Waals surface area contributed by atoms with Crippen molar-refractivity contribution < 1.29 is 4.79 Å². The number of para-hydroxylation sites is 1. The van der Waals surface area contributed by atoms with Crippen LogP contribution in [-0.2, 0) is 0 Å². The van der Waals surface area contributed by atoms with Crippen LogP contribution in [0.2, 0.25) is 0 Å². The van der Waals surface area contributed by atoms with E-state index in [4.69, 9.17) is 0 Å². The summed E-state index contributed by atoms with van der Waals surface area (Å²) in [6.07, 6.45) is 1.97. The van der Waals surface area contributed by atoms with E-state index in [-0.39, 0.29) is 5.91 Å². The van der Waals surface area contributed by atoms with Gasteiger partial charge in [0, 0.05) is 11.6 Å². The van der Waals surface area contributed by atoms with Gasteiger partial charge in [-0.1, -0.05) is 23.5 Å². The molecular formula is C15H8N4OS3. The SMILES string of the molecule is O=C(Nc1nc2ccccc2s1)c1cc2c(nc3sccn32)s1. The van der Waals surface area contributed by atoms with Crippen LogP contribution in [0.3, 0.4) is 0 Å². The Balaban J connectivity index is 1.50. The molecule has 1 amide bonds. The fraction of sp³-hybridized carbons (Fsp3) is 0. The molecule has 0 saturated heterocycles. The Morgan fingerprint density at radius 3 is 3.00 bits per heavy atom. The van der Waals surface area contributed by atoms with Crippen molar-refractivity contribution in [2.45, 2.75) is 0 Å². The van der Waals surface area contributed by atoms with Gasteiger partial charge in [-0.3, -0.25) is 14.5 Å². The lowest BCUT2D eigenvalue weighted by Crippen LogP contribution is -2.09. The fourth-order valence-corrected chi connectivity index (χ4v) is 5.00. The van der Waals surface area contributed by atoms with Crippen molar-refractivity contribution in [1.29, 1.82) is 0 Å². The molecule has 23 heavy (non-hydrogen) atoms. The average Bonchev–Trinajstić information content (AvgIpc) is 3.26. The molecule has 0 aliphatic rings. The summed E-state index contributed by atoms with van der Waals surface area (Å²) in [6, 6.07) is 9.72. The van der Waals surface area contributed by atoms with Crippen molar-refractivity contribution in [3.8, 4) is 0 Å². The van der Waals surface area contributed by atoms with Gasteiger partial charge in [-0.05, 0) is 18.2 Å². The molecule has 5 nitrogen and oxygen atoms in total. The van der Waals surface area contributed by atoms with Crippen LogP contribution in [0.5, 0.6) is 0 Å². The summed E-state index contributed by atoms with van der Waals surface area (Å²) >= 11 is 4.46. The number of hydrogen-bond acceptors (Lipinski definition) is 6. The molecule has 1 N–H and O–H groups in total. The third-order valence-corrected chi connectivity index (χ3v) is 6.20. The minimum absolute atomic E-state index is 0.143. The van der Waals surface area contributed by atoms with Crippen LogP contribution >= 0.6 is 34.0 Å². The number of thiophene rings is 1. The van der Waals surface area contributed by atoms with Crippen LogP contribution in [0.1, 0.15) is 9.67 Å². The van der Waals surface area contributed by atoms with Crippen LogP contribution < -0.4 is 5.32 Å². The largest absolute Gasteiger partial charge is 0.297 e. The van der Waals surface area contributed by atoms with Crippen LogP contribution in [0.25, 0.3) is 25.5 Å². The molecule has 0 saturated carbocycles. The number of carbonyl (C=O) groups excluding carboxylic acids is 1. The van der Waals surface area contributed by atoms with Gasteiger partial charge in [0.15, 0.2) is 10.1 Å². The molecule has 0 aliphatic heterocycles. The number of aromatic nitrogens is 3. The number of rotatable bonds is 2. The highest BCUT2D eigenvalue weighted by molar-refractivity contribution is 7.23. The Bertz CT molecular complexity index is 1150. The summed E-state index contributed by atoms with van der Waals surface area (Å²) in [4.78, 5) is 23.9. The monoisotopic (exact) mass is 356 g/mol.